The first-order valence-electron chi connectivity index (χ1n) is 10.2. The zero-order valence-corrected chi connectivity index (χ0v) is 18.0. The number of aromatic nitrogens is 3. The number of nitrogens with zero attached hydrogens (tertiary/aromatic N) is 3. The number of carbonyl (C=O) groups excluding carboxylic acids is 1. The van der Waals surface area contributed by atoms with Gasteiger partial charge in [0.15, 0.2) is 5.82 Å². The standard InChI is InChI=1S/C24H20F2N4O4/c1-34-15-8-6-14(7-9-15)30-23(28-29-24(30)22(27)33)17-11-13(20(31)12-21(17)32)5-10-16-18(25)3-2-4-19(16)26/h2-4,6-9,11-12,31-32H,5,10H2,1H3,(H2,27,33). The van der Waals surface area contributed by atoms with Gasteiger partial charge in [-0.2, -0.15) is 0 Å². The molecule has 8 nitrogen and oxygen atoms in total. The number of benzene rings is 3. The van der Waals surface area contributed by atoms with Crippen LogP contribution in [-0.4, -0.2) is 38.0 Å². The van der Waals surface area contributed by atoms with Crippen LogP contribution in [0.25, 0.3) is 17.1 Å². The Morgan fingerprint density at radius 3 is 2.29 bits per heavy atom. The number of aromatic hydroxyl groups is 2. The van der Waals surface area contributed by atoms with E-state index in [-0.39, 0.29) is 47.1 Å². The van der Waals surface area contributed by atoms with Gasteiger partial charge in [0, 0.05) is 17.3 Å². The molecule has 34 heavy (non-hydrogen) atoms. The number of hydrogen-bond donors (Lipinski definition) is 3. The van der Waals surface area contributed by atoms with Gasteiger partial charge in [-0.05, 0) is 60.9 Å². The SMILES string of the molecule is COc1ccc(-n2c(C(N)=O)nnc2-c2cc(CCc3c(F)cccc3F)c(O)cc2O)cc1. The first-order valence-corrected chi connectivity index (χ1v) is 10.2. The minimum atomic E-state index is -0.844. The monoisotopic (exact) mass is 466 g/mol. The fourth-order valence-electron chi connectivity index (χ4n) is 3.63. The molecule has 0 spiro atoms. The van der Waals surface area contributed by atoms with Crippen molar-refractivity contribution in [3.8, 4) is 34.3 Å². The summed E-state index contributed by atoms with van der Waals surface area (Å²) in [7, 11) is 1.51. The van der Waals surface area contributed by atoms with E-state index in [0.29, 0.717) is 17.0 Å². The fraction of sp³-hybridized carbons (Fsp3) is 0.125. The van der Waals surface area contributed by atoms with Crippen LogP contribution in [0.5, 0.6) is 17.2 Å². The third-order valence-corrected chi connectivity index (χ3v) is 5.36. The van der Waals surface area contributed by atoms with Crippen molar-refractivity contribution in [2.75, 3.05) is 7.11 Å². The summed E-state index contributed by atoms with van der Waals surface area (Å²) < 4.78 is 34.5. The van der Waals surface area contributed by atoms with Crippen molar-refractivity contribution >= 4 is 5.91 Å². The molecule has 0 atom stereocenters. The Morgan fingerprint density at radius 1 is 1.00 bits per heavy atom. The summed E-state index contributed by atoms with van der Waals surface area (Å²) in [6.45, 7) is 0. The number of rotatable bonds is 7. The first kappa shape index (κ1) is 22.7. The molecule has 0 aliphatic carbocycles. The molecular weight excluding hydrogens is 446 g/mol. The molecular formula is C24H20F2N4O4. The lowest BCUT2D eigenvalue weighted by molar-refractivity contribution is 0.0988. The number of methoxy groups -OCH3 is 1. The quantitative estimate of drug-likeness (QED) is 0.383. The van der Waals surface area contributed by atoms with E-state index in [0.717, 1.165) is 18.2 Å². The van der Waals surface area contributed by atoms with Gasteiger partial charge in [0.1, 0.15) is 28.9 Å². The largest absolute Gasteiger partial charge is 0.508 e. The van der Waals surface area contributed by atoms with Crippen molar-refractivity contribution in [1.82, 2.24) is 14.8 Å². The summed E-state index contributed by atoms with van der Waals surface area (Å²) >= 11 is 0. The van der Waals surface area contributed by atoms with E-state index in [1.807, 2.05) is 0 Å². The Hall–Kier alpha value is -4.47. The van der Waals surface area contributed by atoms with E-state index in [2.05, 4.69) is 10.2 Å². The van der Waals surface area contributed by atoms with Gasteiger partial charge in [-0.15, -0.1) is 10.2 Å². The topological polar surface area (TPSA) is 123 Å². The van der Waals surface area contributed by atoms with Crippen LogP contribution >= 0.6 is 0 Å². The van der Waals surface area contributed by atoms with Crippen LogP contribution in [0.15, 0.2) is 54.6 Å². The zero-order valence-electron chi connectivity index (χ0n) is 18.0. The predicted molar refractivity (Wildman–Crippen MR) is 119 cm³/mol. The van der Waals surface area contributed by atoms with Crippen LogP contribution in [0.1, 0.15) is 21.7 Å². The Labute approximate surface area is 192 Å². The van der Waals surface area contributed by atoms with Gasteiger partial charge in [-0.3, -0.25) is 9.36 Å². The summed E-state index contributed by atoms with van der Waals surface area (Å²) in [6.07, 6.45) is 0.0320. The number of nitrogens with two attached hydrogens (primary N) is 1. The number of primary amides is 1. The number of phenolic OH excluding ortho intramolecular Hbond substituents is 2. The summed E-state index contributed by atoms with van der Waals surface area (Å²) in [6, 6.07) is 12.7. The van der Waals surface area contributed by atoms with Crippen LogP contribution in [-0.2, 0) is 12.8 Å². The molecule has 0 unspecified atom stereocenters. The van der Waals surface area contributed by atoms with E-state index in [9.17, 15) is 23.8 Å². The predicted octanol–water partition coefficient (Wildman–Crippen LogP) is 3.52. The lowest BCUT2D eigenvalue weighted by Crippen LogP contribution is -2.17. The molecule has 0 bridgehead atoms. The number of hydrogen-bond acceptors (Lipinski definition) is 6. The maximum absolute atomic E-state index is 14.0. The highest BCUT2D eigenvalue weighted by Gasteiger charge is 2.23. The van der Waals surface area contributed by atoms with Crippen molar-refractivity contribution in [1.29, 1.82) is 0 Å². The lowest BCUT2D eigenvalue weighted by Gasteiger charge is -2.13. The molecule has 1 amide bonds. The van der Waals surface area contributed by atoms with Gasteiger partial charge < -0.3 is 20.7 Å². The van der Waals surface area contributed by atoms with Gasteiger partial charge in [0.25, 0.3) is 5.91 Å². The number of aryl methyl sites for hydroxylation is 1. The van der Waals surface area contributed by atoms with E-state index in [1.54, 1.807) is 24.3 Å². The van der Waals surface area contributed by atoms with E-state index in [4.69, 9.17) is 10.5 Å². The normalized spacial score (nSPS) is 10.9. The van der Waals surface area contributed by atoms with Gasteiger partial charge in [0.05, 0.1) is 12.7 Å². The summed E-state index contributed by atoms with van der Waals surface area (Å²) in [4.78, 5) is 12.0. The summed E-state index contributed by atoms with van der Waals surface area (Å²) in [5, 5.41) is 28.8. The van der Waals surface area contributed by atoms with Crippen molar-refractivity contribution < 1.29 is 28.5 Å². The molecule has 0 fully saturated rings. The van der Waals surface area contributed by atoms with Crippen LogP contribution in [0.4, 0.5) is 8.78 Å². The molecule has 0 saturated carbocycles. The van der Waals surface area contributed by atoms with Gasteiger partial charge in [-0.1, -0.05) is 6.07 Å². The number of carbonyl (C=O) groups is 1. The molecule has 174 valence electrons. The second-order valence-corrected chi connectivity index (χ2v) is 7.44. The summed E-state index contributed by atoms with van der Waals surface area (Å²) in [5.74, 6) is -2.34. The van der Waals surface area contributed by atoms with Crippen LogP contribution in [0, 0.1) is 11.6 Å². The number of halogens is 2. The number of amides is 1. The highest BCUT2D eigenvalue weighted by Crippen LogP contribution is 2.36. The van der Waals surface area contributed by atoms with Crippen molar-refractivity contribution in [3.63, 3.8) is 0 Å². The molecule has 1 aromatic heterocycles. The molecule has 1 heterocycles. The smallest absolute Gasteiger partial charge is 0.287 e. The third-order valence-electron chi connectivity index (χ3n) is 5.36. The number of ether oxygens (including phenoxy) is 1. The molecule has 4 N–H and O–H groups in total. The lowest BCUT2D eigenvalue weighted by atomic mass is 10.00. The Balaban J connectivity index is 1.78. The molecule has 0 aliphatic rings. The number of phenols is 2. The van der Waals surface area contributed by atoms with Crippen LogP contribution < -0.4 is 10.5 Å². The zero-order chi connectivity index (χ0) is 24.4. The molecule has 0 radical (unpaired) electrons. The molecule has 4 rings (SSSR count). The van der Waals surface area contributed by atoms with E-state index >= 15 is 0 Å². The van der Waals surface area contributed by atoms with Gasteiger partial charge >= 0.3 is 0 Å². The van der Waals surface area contributed by atoms with E-state index in [1.165, 1.54) is 23.8 Å². The minimum absolute atomic E-state index is 0.0337. The molecule has 10 heteroatoms. The third kappa shape index (κ3) is 4.25. The average Bonchev–Trinajstić information content (AvgIpc) is 3.25. The minimum Gasteiger partial charge on any atom is -0.508 e. The Morgan fingerprint density at radius 2 is 1.68 bits per heavy atom. The van der Waals surface area contributed by atoms with Crippen molar-refractivity contribution in [2.24, 2.45) is 5.73 Å². The molecule has 3 aromatic carbocycles. The van der Waals surface area contributed by atoms with Gasteiger partial charge in [0.2, 0.25) is 5.82 Å². The molecule has 0 aliphatic heterocycles. The Kier molecular flexibility index (Phi) is 6.13. The molecule has 0 saturated heterocycles. The fourth-order valence-corrected chi connectivity index (χ4v) is 3.63. The average molecular weight is 466 g/mol. The highest BCUT2D eigenvalue weighted by atomic mass is 19.1. The van der Waals surface area contributed by atoms with Crippen LogP contribution in [0.3, 0.4) is 0 Å². The maximum atomic E-state index is 14.0. The van der Waals surface area contributed by atoms with Crippen molar-refractivity contribution in [3.05, 3.63) is 83.2 Å². The second-order valence-electron chi connectivity index (χ2n) is 7.44. The van der Waals surface area contributed by atoms with Crippen molar-refractivity contribution in [2.45, 2.75) is 12.8 Å². The molecule has 4 aromatic rings. The second kappa shape index (κ2) is 9.18. The van der Waals surface area contributed by atoms with Gasteiger partial charge in [-0.25, -0.2) is 8.78 Å². The first-order chi connectivity index (χ1) is 16.3. The Bertz CT molecular complexity index is 1350. The highest BCUT2D eigenvalue weighted by molar-refractivity contribution is 5.90. The van der Waals surface area contributed by atoms with E-state index < -0.39 is 17.5 Å². The summed E-state index contributed by atoms with van der Waals surface area (Å²) in [5.41, 5.74) is 6.27. The maximum Gasteiger partial charge on any atom is 0.287 e. The van der Waals surface area contributed by atoms with Crippen LogP contribution in [0.2, 0.25) is 0 Å².